The molecule has 0 saturated heterocycles. The molecule has 0 amide bonds. The molecule has 4 rings (SSSR count). The second-order valence-corrected chi connectivity index (χ2v) is 9.46. The van der Waals surface area contributed by atoms with Gasteiger partial charge in [-0.25, -0.2) is 18.2 Å². The van der Waals surface area contributed by atoms with E-state index in [4.69, 9.17) is 4.74 Å². The number of hydrogen-bond acceptors (Lipinski definition) is 5. The number of pyridine rings is 1. The minimum Gasteiger partial charge on any atom is -0.422 e. The fraction of sp³-hybridized carbons (Fsp3) is 0.120. The highest BCUT2D eigenvalue weighted by atomic mass is 32.2. The summed E-state index contributed by atoms with van der Waals surface area (Å²) in [5, 5.41) is 0.932. The van der Waals surface area contributed by atoms with Gasteiger partial charge < -0.3 is 4.74 Å². The van der Waals surface area contributed by atoms with Crippen LogP contribution in [0.25, 0.3) is 10.9 Å². The van der Waals surface area contributed by atoms with Crippen molar-refractivity contribution in [3.8, 4) is 5.75 Å². The molecular formula is C25H22N2O4S. The quantitative estimate of drug-likeness (QED) is 0.322. The van der Waals surface area contributed by atoms with Crippen molar-refractivity contribution in [3.05, 3.63) is 95.7 Å². The molecule has 32 heavy (non-hydrogen) atoms. The number of sulfonamides is 1. The number of carbonyl (C=O) groups excluding carboxylic acids is 1. The van der Waals surface area contributed by atoms with Crippen molar-refractivity contribution in [3.63, 3.8) is 0 Å². The van der Waals surface area contributed by atoms with Crippen molar-refractivity contribution in [1.82, 2.24) is 4.98 Å². The maximum absolute atomic E-state index is 13.0. The third kappa shape index (κ3) is 4.20. The molecule has 0 N–H and O–H groups in total. The van der Waals surface area contributed by atoms with E-state index >= 15 is 0 Å². The number of nitrogens with zero attached hydrogens (tertiary/aromatic N) is 2. The normalized spacial score (nSPS) is 11.3. The van der Waals surface area contributed by atoms with Gasteiger partial charge in [-0.05, 0) is 73.5 Å². The standard InChI is InChI=1S/C25H22N2O4S/c1-17-8-14-22(16-18(17)2)32(29,30)27(3)20-10-12-21(13-11-20)31-25(28)24-15-9-19-6-4-5-7-23(19)26-24/h4-16H,1-3H3. The lowest BCUT2D eigenvalue weighted by Gasteiger charge is -2.20. The van der Waals surface area contributed by atoms with Crippen LogP contribution >= 0.6 is 0 Å². The summed E-state index contributed by atoms with van der Waals surface area (Å²) in [6.07, 6.45) is 0. The van der Waals surface area contributed by atoms with E-state index in [9.17, 15) is 13.2 Å². The van der Waals surface area contributed by atoms with Gasteiger partial charge in [-0.2, -0.15) is 0 Å². The number of esters is 1. The van der Waals surface area contributed by atoms with E-state index in [0.717, 1.165) is 16.5 Å². The number of carbonyl (C=O) groups is 1. The van der Waals surface area contributed by atoms with Crippen LogP contribution in [0.15, 0.2) is 83.8 Å². The van der Waals surface area contributed by atoms with Gasteiger partial charge in [0.1, 0.15) is 11.4 Å². The number of anilines is 1. The number of rotatable bonds is 5. The zero-order chi connectivity index (χ0) is 22.9. The highest BCUT2D eigenvalue weighted by Gasteiger charge is 2.22. The lowest BCUT2D eigenvalue weighted by atomic mass is 10.1. The van der Waals surface area contributed by atoms with E-state index < -0.39 is 16.0 Å². The average Bonchev–Trinajstić information content (AvgIpc) is 2.80. The van der Waals surface area contributed by atoms with Crippen LogP contribution < -0.4 is 9.04 Å². The summed E-state index contributed by atoms with van der Waals surface area (Å²) in [4.78, 5) is 17.0. The maximum Gasteiger partial charge on any atom is 0.362 e. The molecule has 1 heterocycles. The molecule has 0 fully saturated rings. The number of para-hydroxylation sites is 1. The summed E-state index contributed by atoms with van der Waals surface area (Å²) in [6.45, 7) is 3.81. The molecule has 4 aromatic rings. The predicted molar refractivity (Wildman–Crippen MR) is 125 cm³/mol. The van der Waals surface area contributed by atoms with Crippen LogP contribution in [0.5, 0.6) is 5.75 Å². The van der Waals surface area contributed by atoms with Gasteiger partial charge >= 0.3 is 5.97 Å². The van der Waals surface area contributed by atoms with Gasteiger partial charge in [0.05, 0.1) is 16.1 Å². The van der Waals surface area contributed by atoms with Crippen LogP contribution in [-0.2, 0) is 10.0 Å². The van der Waals surface area contributed by atoms with Gasteiger partial charge in [-0.15, -0.1) is 0 Å². The van der Waals surface area contributed by atoms with E-state index in [-0.39, 0.29) is 10.6 Å². The molecule has 0 unspecified atom stereocenters. The number of benzene rings is 3. The molecule has 0 bridgehead atoms. The van der Waals surface area contributed by atoms with E-state index in [1.807, 2.05) is 44.2 Å². The molecule has 0 aliphatic heterocycles. The monoisotopic (exact) mass is 446 g/mol. The molecule has 0 atom stereocenters. The number of aromatic nitrogens is 1. The average molecular weight is 447 g/mol. The van der Waals surface area contributed by atoms with Crippen LogP contribution in [0.2, 0.25) is 0 Å². The molecule has 162 valence electrons. The third-order valence-corrected chi connectivity index (χ3v) is 7.14. The van der Waals surface area contributed by atoms with E-state index in [1.54, 1.807) is 48.5 Å². The molecular weight excluding hydrogens is 424 g/mol. The van der Waals surface area contributed by atoms with E-state index in [0.29, 0.717) is 17.0 Å². The van der Waals surface area contributed by atoms with Crippen molar-refractivity contribution < 1.29 is 17.9 Å². The molecule has 0 aliphatic rings. The minimum atomic E-state index is -3.72. The summed E-state index contributed by atoms with van der Waals surface area (Å²) >= 11 is 0. The summed E-state index contributed by atoms with van der Waals surface area (Å²) < 4.78 is 32.6. The van der Waals surface area contributed by atoms with Crippen molar-refractivity contribution in [2.75, 3.05) is 11.4 Å². The fourth-order valence-electron chi connectivity index (χ4n) is 3.23. The van der Waals surface area contributed by atoms with Crippen LogP contribution in [0, 0.1) is 13.8 Å². The fourth-order valence-corrected chi connectivity index (χ4v) is 4.52. The molecule has 1 aromatic heterocycles. The Morgan fingerprint density at radius 1 is 0.875 bits per heavy atom. The minimum absolute atomic E-state index is 0.196. The van der Waals surface area contributed by atoms with Gasteiger partial charge in [0.15, 0.2) is 0 Å². The zero-order valence-electron chi connectivity index (χ0n) is 17.9. The zero-order valence-corrected chi connectivity index (χ0v) is 18.8. The molecule has 0 saturated carbocycles. The Labute approximate surface area is 187 Å². The first-order valence-corrected chi connectivity index (χ1v) is 11.4. The Kier molecular flexibility index (Phi) is 5.67. The van der Waals surface area contributed by atoms with Crippen molar-refractivity contribution in [1.29, 1.82) is 0 Å². The molecule has 0 aliphatic carbocycles. The Hall–Kier alpha value is -3.71. The lowest BCUT2D eigenvalue weighted by molar-refractivity contribution is 0.0729. The number of fused-ring (bicyclic) bond motifs is 1. The summed E-state index contributed by atoms with van der Waals surface area (Å²) in [7, 11) is -2.22. The first-order chi connectivity index (χ1) is 15.3. The third-order valence-electron chi connectivity index (χ3n) is 5.36. The SMILES string of the molecule is Cc1ccc(S(=O)(=O)N(C)c2ccc(OC(=O)c3ccc4ccccc4n3)cc2)cc1C. The predicted octanol–water partition coefficient (Wildman–Crippen LogP) is 4.90. The van der Waals surface area contributed by atoms with Gasteiger partial charge in [0.2, 0.25) is 0 Å². The molecule has 3 aromatic carbocycles. The van der Waals surface area contributed by atoms with E-state index in [2.05, 4.69) is 4.98 Å². The van der Waals surface area contributed by atoms with Gasteiger partial charge in [0, 0.05) is 12.4 Å². The molecule has 7 heteroatoms. The van der Waals surface area contributed by atoms with Crippen molar-refractivity contribution in [2.45, 2.75) is 18.7 Å². The first-order valence-electron chi connectivity index (χ1n) is 10.00. The summed E-state index contributed by atoms with van der Waals surface area (Å²) in [5.74, 6) is -0.287. The second kappa shape index (κ2) is 8.43. The van der Waals surface area contributed by atoms with Crippen LogP contribution in [0.4, 0.5) is 5.69 Å². The highest BCUT2D eigenvalue weighted by molar-refractivity contribution is 7.92. The smallest absolute Gasteiger partial charge is 0.362 e. The molecule has 6 nitrogen and oxygen atoms in total. The van der Waals surface area contributed by atoms with Crippen molar-refractivity contribution >= 4 is 32.6 Å². The maximum atomic E-state index is 13.0. The Morgan fingerprint density at radius 3 is 2.31 bits per heavy atom. The van der Waals surface area contributed by atoms with Gasteiger partial charge in [0.25, 0.3) is 10.0 Å². The number of aryl methyl sites for hydroxylation is 2. The molecule has 0 radical (unpaired) electrons. The van der Waals surface area contributed by atoms with Gasteiger partial charge in [-0.1, -0.05) is 30.3 Å². The highest BCUT2D eigenvalue weighted by Crippen LogP contribution is 2.26. The van der Waals surface area contributed by atoms with Gasteiger partial charge in [-0.3, -0.25) is 4.31 Å². The van der Waals surface area contributed by atoms with Crippen LogP contribution in [0.3, 0.4) is 0 Å². The molecule has 0 spiro atoms. The largest absolute Gasteiger partial charge is 0.422 e. The van der Waals surface area contributed by atoms with Crippen LogP contribution in [0.1, 0.15) is 21.6 Å². The number of ether oxygens (including phenoxy) is 1. The summed E-state index contributed by atoms with van der Waals surface area (Å²) in [5.41, 5.74) is 3.28. The topological polar surface area (TPSA) is 76.6 Å². The van der Waals surface area contributed by atoms with Crippen molar-refractivity contribution in [2.24, 2.45) is 0 Å². The lowest BCUT2D eigenvalue weighted by Crippen LogP contribution is -2.26. The Bertz CT molecular complexity index is 1410. The Balaban J connectivity index is 1.51. The van der Waals surface area contributed by atoms with E-state index in [1.165, 1.54) is 11.4 Å². The summed E-state index contributed by atoms with van der Waals surface area (Å²) in [6, 6.07) is 22.3. The first kappa shape index (κ1) is 21.5. The number of hydrogen-bond donors (Lipinski definition) is 0. The van der Waals surface area contributed by atoms with Crippen LogP contribution in [-0.4, -0.2) is 26.4 Å². The second-order valence-electron chi connectivity index (χ2n) is 7.49. The Morgan fingerprint density at radius 2 is 1.59 bits per heavy atom.